The smallest absolute Gasteiger partial charge is 0.0308 e. The van der Waals surface area contributed by atoms with Crippen molar-refractivity contribution in [3.05, 3.63) is 105 Å². The first-order valence-electron chi connectivity index (χ1n) is 11.9. The lowest BCUT2D eigenvalue weighted by molar-refractivity contribution is 0.795. The fourth-order valence-electron chi connectivity index (χ4n) is 3.78. The largest absolute Gasteiger partial charge is 0.0654 e. The molecule has 0 aliphatic carbocycles. The number of hydrogen-bond acceptors (Lipinski definition) is 0. The Labute approximate surface area is 195 Å². The summed E-state index contributed by atoms with van der Waals surface area (Å²) in [6, 6.07) is 21.6. The lowest BCUT2D eigenvalue weighted by Crippen LogP contribution is -1.91. The van der Waals surface area contributed by atoms with Gasteiger partial charge in [0.25, 0.3) is 0 Å². The first-order valence-corrected chi connectivity index (χ1v) is 11.9. The number of rotatable bonds is 6. The molecule has 0 saturated carbocycles. The molecule has 0 radical (unpaired) electrons. The Bertz CT molecular complexity index is 1110. The van der Waals surface area contributed by atoms with Gasteiger partial charge in [-0.05, 0) is 98.2 Å². The molecule has 3 aromatic carbocycles. The Morgan fingerprint density at radius 1 is 0.531 bits per heavy atom. The number of aryl methyl sites for hydroxylation is 4. The van der Waals surface area contributed by atoms with E-state index in [2.05, 4.69) is 112 Å². The van der Waals surface area contributed by atoms with Crippen LogP contribution >= 0.6 is 0 Å². The van der Waals surface area contributed by atoms with Gasteiger partial charge in [0.2, 0.25) is 0 Å². The van der Waals surface area contributed by atoms with E-state index in [0.29, 0.717) is 0 Å². The molecule has 0 N–H and O–H groups in total. The zero-order valence-electron chi connectivity index (χ0n) is 20.0. The molecule has 0 amide bonds. The molecule has 0 spiro atoms. The predicted octanol–water partition coefficient (Wildman–Crippen LogP) is 7.79. The van der Waals surface area contributed by atoms with E-state index in [1.54, 1.807) is 0 Å². The third-order valence-corrected chi connectivity index (χ3v) is 5.76. The molecule has 3 aromatic rings. The molecular formula is C32H34. The summed E-state index contributed by atoms with van der Waals surface area (Å²) in [6.07, 6.45) is 7.23. The maximum absolute atomic E-state index is 3.39. The normalized spacial score (nSPS) is 10.1. The van der Waals surface area contributed by atoms with Crippen molar-refractivity contribution < 1.29 is 0 Å². The maximum Gasteiger partial charge on any atom is 0.0308 e. The lowest BCUT2D eigenvalue weighted by Gasteiger charge is -2.05. The van der Waals surface area contributed by atoms with Crippen molar-refractivity contribution in [1.29, 1.82) is 0 Å². The van der Waals surface area contributed by atoms with E-state index < -0.39 is 0 Å². The van der Waals surface area contributed by atoms with Crippen molar-refractivity contribution in [3.8, 4) is 23.7 Å². The summed E-state index contributed by atoms with van der Waals surface area (Å²) >= 11 is 0. The van der Waals surface area contributed by atoms with E-state index >= 15 is 0 Å². The molecule has 0 aliphatic heterocycles. The molecule has 0 aliphatic rings. The molecular weight excluding hydrogens is 384 g/mol. The van der Waals surface area contributed by atoms with E-state index in [1.807, 2.05) is 0 Å². The highest BCUT2D eigenvalue weighted by molar-refractivity contribution is 5.55. The number of hydrogen-bond donors (Lipinski definition) is 0. The molecule has 0 aromatic heterocycles. The first-order chi connectivity index (χ1) is 15.6. The Morgan fingerprint density at radius 3 is 1.38 bits per heavy atom. The zero-order valence-corrected chi connectivity index (χ0v) is 20.0. The van der Waals surface area contributed by atoms with Crippen LogP contribution in [0, 0.1) is 37.5 Å². The highest BCUT2D eigenvalue weighted by Gasteiger charge is 2.02. The summed E-state index contributed by atoms with van der Waals surface area (Å²) in [5, 5.41) is 0. The summed E-state index contributed by atoms with van der Waals surface area (Å²) in [7, 11) is 0. The minimum atomic E-state index is 1.04. The second kappa shape index (κ2) is 12.0. The Balaban J connectivity index is 1.72. The minimum absolute atomic E-state index is 1.04. The Morgan fingerprint density at radius 2 is 0.938 bits per heavy atom. The molecule has 0 fully saturated rings. The summed E-state index contributed by atoms with van der Waals surface area (Å²) in [5.41, 5.74) is 9.41. The Kier molecular flexibility index (Phi) is 8.78. The topological polar surface area (TPSA) is 0 Å². The molecule has 32 heavy (non-hydrogen) atoms. The van der Waals surface area contributed by atoms with Crippen molar-refractivity contribution in [1.82, 2.24) is 0 Å². The van der Waals surface area contributed by atoms with Gasteiger partial charge in [-0.1, -0.05) is 74.6 Å². The highest BCUT2D eigenvalue weighted by Crippen LogP contribution is 2.16. The second-order valence-corrected chi connectivity index (χ2v) is 8.59. The van der Waals surface area contributed by atoms with Crippen LogP contribution in [0.25, 0.3) is 0 Å². The van der Waals surface area contributed by atoms with E-state index in [0.717, 1.165) is 35.1 Å². The van der Waals surface area contributed by atoms with Crippen molar-refractivity contribution >= 4 is 0 Å². The standard InChI is InChI=1S/C32H34/c1-5-7-9-27-11-15-29(16-12-27)19-20-31-23-25(3)32(26(4)24-31)22-21-30-17-13-28(14-18-30)10-8-6-2/h11-18,23-24H,5-10H2,1-4H3. The number of benzene rings is 3. The van der Waals surface area contributed by atoms with Gasteiger partial charge in [-0.15, -0.1) is 0 Å². The SMILES string of the molecule is CCCCc1ccc(C#Cc2cc(C)c(C#Cc3ccc(CCCC)cc3)c(C)c2)cc1. The lowest BCUT2D eigenvalue weighted by atomic mass is 9.99. The van der Waals surface area contributed by atoms with E-state index in [-0.39, 0.29) is 0 Å². The third kappa shape index (κ3) is 6.90. The maximum atomic E-state index is 3.39. The average Bonchev–Trinajstić information content (AvgIpc) is 2.81. The van der Waals surface area contributed by atoms with Crippen LogP contribution < -0.4 is 0 Å². The van der Waals surface area contributed by atoms with Gasteiger partial charge in [0.15, 0.2) is 0 Å². The Hall–Kier alpha value is -3.22. The van der Waals surface area contributed by atoms with Crippen LogP contribution in [0.1, 0.15) is 84.0 Å². The van der Waals surface area contributed by atoms with Crippen LogP contribution in [0.4, 0.5) is 0 Å². The van der Waals surface area contributed by atoms with Gasteiger partial charge in [0, 0.05) is 22.3 Å². The summed E-state index contributed by atoms with van der Waals surface area (Å²) in [5.74, 6) is 13.4. The fraction of sp³-hybridized carbons (Fsp3) is 0.312. The highest BCUT2D eigenvalue weighted by atomic mass is 14.1. The van der Waals surface area contributed by atoms with Crippen LogP contribution in [0.5, 0.6) is 0 Å². The monoisotopic (exact) mass is 418 g/mol. The van der Waals surface area contributed by atoms with Gasteiger partial charge in [0.05, 0.1) is 0 Å². The zero-order chi connectivity index (χ0) is 22.8. The van der Waals surface area contributed by atoms with Gasteiger partial charge in [-0.2, -0.15) is 0 Å². The van der Waals surface area contributed by atoms with Crippen LogP contribution in [0.3, 0.4) is 0 Å². The summed E-state index contributed by atoms with van der Waals surface area (Å²) in [4.78, 5) is 0. The van der Waals surface area contributed by atoms with Crippen molar-refractivity contribution in [2.45, 2.75) is 66.2 Å². The fourth-order valence-corrected chi connectivity index (χ4v) is 3.78. The molecule has 0 heteroatoms. The quantitative estimate of drug-likeness (QED) is 0.358. The summed E-state index contributed by atoms with van der Waals surface area (Å²) < 4.78 is 0. The molecule has 0 heterocycles. The van der Waals surface area contributed by atoms with E-state index in [1.165, 1.54) is 47.9 Å². The van der Waals surface area contributed by atoms with Gasteiger partial charge in [-0.3, -0.25) is 0 Å². The molecule has 162 valence electrons. The average molecular weight is 419 g/mol. The molecule has 0 atom stereocenters. The van der Waals surface area contributed by atoms with Gasteiger partial charge >= 0.3 is 0 Å². The van der Waals surface area contributed by atoms with Gasteiger partial charge < -0.3 is 0 Å². The van der Waals surface area contributed by atoms with Crippen LogP contribution in [0.2, 0.25) is 0 Å². The van der Waals surface area contributed by atoms with Gasteiger partial charge in [-0.25, -0.2) is 0 Å². The van der Waals surface area contributed by atoms with E-state index in [4.69, 9.17) is 0 Å². The third-order valence-electron chi connectivity index (χ3n) is 5.76. The van der Waals surface area contributed by atoms with Crippen LogP contribution in [0.15, 0.2) is 60.7 Å². The molecule has 3 rings (SSSR count). The van der Waals surface area contributed by atoms with Gasteiger partial charge in [0.1, 0.15) is 0 Å². The van der Waals surface area contributed by atoms with Crippen molar-refractivity contribution in [2.24, 2.45) is 0 Å². The van der Waals surface area contributed by atoms with Crippen LogP contribution in [-0.2, 0) is 12.8 Å². The summed E-state index contributed by atoms with van der Waals surface area (Å²) in [6.45, 7) is 8.70. The minimum Gasteiger partial charge on any atom is -0.0654 e. The molecule has 0 nitrogen and oxygen atoms in total. The van der Waals surface area contributed by atoms with Crippen molar-refractivity contribution in [2.75, 3.05) is 0 Å². The molecule has 0 unspecified atom stereocenters. The first kappa shape index (κ1) is 23.4. The molecule has 0 bridgehead atoms. The number of unbranched alkanes of at least 4 members (excludes halogenated alkanes) is 2. The second-order valence-electron chi connectivity index (χ2n) is 8.59. The predicted molar refractivity (Wildman–Crippen MR) is 138 cm³/mol. The van der Waals surface area contributed by atoms with Crippen LogP contribution in [-0.4, -0.2) is 0 Å². The molecule has 0 saturated heterocycles. The van der Waals surface area contributed by atoms with E-state index in [9.17, 15) is 0 Å². The van der Waals surface area contributed by atoms with Crippen molar-refractivity contribution in [3.63, 3.8) is 0 Å².